The second-order valence-corrected chi connectivity index (χ2v) is 7.28. The largest absolute Gasteiger partial charge is 0.493 e. The molecule has 0 aliphatic heterocycles. The van der Waals surface area contributed by atoms with Crippen LogP contribution in [0.1, 0.15) is 41.8 Å². The third kappa shape index (κ3) is 5.06. The van der Waals surface area contributed by atoms with Crippen molar-refractivity contribution in [3.8, 4) is 11.5 Å². The fourth-order valence-corrected chi connectivity index (χ4v) is 3.78. The first-order valence-corrected chi connectivity index (χ1v) is 9.97. The Hall–Kier alpha value is -2.71. The Kier molecular flexibility index (Phi) is 6.89. The minimum absolute atomic E-state index is 0.218. The van der Waals surface area contributed by atoms with E-state index in [0.717, 1.165) is 18.4 Å². The number of hydrogen-bond acceptors (Lipinski definition) is 4. The summed E-state index contributed by atoms with van der Waals surface area (Å²) in [6.07, 6.45) is -0.706. The van der Waals surface area contributed by atoms with Gasteiger partial charge in [-0.15, -0.1) is 0 Å². The first-order chi connectivity index (χ1) is 14.3. The van der Waals surface area contributed by atoms with Gasteiger partial charge in [0.15, 0.2) is 17.2 Å². The van der Waals surface area contributed by atoms with Gasteiger partial charge in [0.05, 0.1) is 14.2 Å². The number of alkyl halides is 3. The lowest BCUT2D eigenvalue weighted by Crippen LogP contribution is -2.30. The van der Waals surface area contributed by atoms with Gasteiger partial charge in [-0.25, -0.2) is 0 Å². The molecule has 1 heterocycles. The highest BCUT2D eigenvalue weighted by molar-refractivity contribution is 5.75. The van der Waals surface area contributed by atoms with E-state index in [2.05, 4.69) is 10.4 Å². The first-order valence-electron chi connectivity index (χ1n) is 9.97. The highest BCUT2D eigenvalue weighted by atomic mass is 19.4. The smallest absolute Gasteiger partial charge is 0.435 e. The number of nitrogens with one attached hydrogen (secondary N) is 1. The van der Waals surface area contributed by atoms with Crippen molar-refractivity contribution in [1.29, 1.82) is 0 Å². The van der Waals surface area contributed by atoms with Gasteiger partial charge in [-0.3, -0.25) is 9.48 Å². The molecule has 1 amide bonds. The zero-order chi connectivity index (χ0) is 21.7. The Labute approximate surface area is 173 Å². The van der Waals surface area contributed by atoms with Crippen molar-refractivity contribution in [2.45, 2.75) is 51.2 Å². The standard InChI is InChI=1S/C21H26F3N3O3/c1-29-17-9-8-14(12-18(17)30-2)10-11-25-19(28)13-27-16-7-5-3-4-6-15(16)20(26-27)21(22,23)24/h8-9,12H,3-7,10-11,13H2,1-2H3,(H,25,28). The van der Waals surface area contributed by atoms with Gasteiger partial charge in [0, 0.05) is 17.8 Å². The summed E-state index contributed by atoms with van der Waals surface area (Å²) in [5, 5.41) is 6.52. The van der Waals surface area contributed by atoms with Crippen LogP contribution in [0.25, 0.3) is 0 Å². The van der Waals surface area contributed by atoms with E-state index in [9.17, 15) is 18.0 Å². The Morgan fingerprint density at radius 3 is 2.57 bits per heavy atom. The van der Waals surface area contributed by atoms with Crippen LogP contribution >= 0.6 is 0 Å². The Balaban J connectivity index is 1.63. The van der Waals surface area contributed by atoms with Crippen LogP contribution in [0, 0.1) is 0 Å². The number of fused-ring (bicyclic) bond motifs is 1. The molecule has 0 bridgehead atoms. The average molecular weight is 425 g/mol. The molecular weight excluding hydrogens is 399 g/mol. The van der Waals surface area contributed by atoms with Gasteiger partial charge in [-0.1, -0.05) is 12.5 Å². The maximum absolute atomic E-state index is 13.4. The minimum atomic E-state index is -4.51. The van der Waals surface area contributed by atoms with Crippen molar-refractivity contribution in [2.75, 3.05) is 20.8 Å². The number of carbonyl (C=O) groups is 1. The number of rotatable bonds is 7. The lowest BCUT2D eigenvalue weighted by Gasteiger charge is -2.11. The molecule has 1 aliphatic carbocycles. The fourth-order valence-electron chi connectivity index (χ4n) is 3.78. The first kappa shape index (κ1) is 22.0. The molecule has 1 N–H and O–H groups in total. The lowest BCUT2D eigenvalue weighted by atomic mass is 10.1. The van der Waals surface area contributed by atoms with Crippen molar-refractivity contribution in [3.05, 3.63) is 40.7 Å². The number of halogens is 3. The monoisotopic (exact) mass is 425 g/mol. The predicted octanol–water partition coefficient (Wildman–Crippen LogP) is 3.55. The van der Waals surface area contributed by atoms with E-state index < -0.39 is 11.9 Å². The highest BCUT2D eigenvalue weighted by Crippen LogP contribution is 2.35. The highest BCUT2D eigenvalue weighted by Gasteiger charge is 2.39. The van der Waals surface area contributed by atoms with Crippen molar-refractivity contribution in [3.63, 3.8) is 0 Å². The molecule has 0 spiro atoms. The molecule has 0 unspecified atom stereocenters. The number of nitrogens with zero attached hydrogens (tertiary/aromatic N) is 2. The Bertz CT molecular complexity index is 894. The number of hydrogen-bond donors (Lipinski definition) is 1. The Morgan fingerprint density at radius 1 is 1.13 bits per heavy atom. The van der Waals surface area contributed by atoms with Crippen molar-refractivity contribution >= 4 is 5.91 Å². The minimum Gasteiger partial charge on any atom is -0.493 e. The van der Waals surface area contributed by atoms with Crippen LogP contribution in [0.15, 0.2) is 18.2 Å². The summed E-state index contributed by atoms with van der Waals surface area (Å²) >= 11 is 0. The number of methoxy groups -OCH3 is 2. The summed E-state index contributed by atoms with van der Waals surface area (Å²) in [6.45, 7) is 0.133. The molecule has 0 fully saturated rings. The predicted molar refractivity (Wildman–Crippen MR) is 105 cm³/mol. The third-order valence-corrected chi connectivity index (χ3v) is 5.25. The second-order valence-electron chi connectivity index (χ2n) is 7.28. The average Bonchev–Trinajstić information content (AvgIpc) is 2.88. The van der Waals surface area contributed by atoms with E-state index in [1.165, 1.54) is 4.68 Å². The fraction of sp³-hybridized carbons (Fsp3) is 0.524. The molecule has 9 heteroatoms. The lowest BCUT2D eigenvalue weighted by molar-refractivity contribution is -0.142. The quantitative estimate of drug-likeness (QED) is 0.689. The zero-order valence-electron chi connectivity index (χ0n) is 17.1. The Morgan fingerprint density at radius 2 is 1.87 bits per heavy atom. The van der Waals surface area contributed by atoms with Crippen LogP contribution in [0.4, 0.5) is 13.2 Å². The van der Waals surface area contributed by atoms with Crippen molar-refractivity contribution in [2.24, 2.45) is 0 Å². The van der Waals surface area contributed by atoms with Gasteiger partial charge < -0.3 is 14.8 Å². The SMILES string of the molecule is COc1ccc(CCNC(=O)Cn2nc(C(F)(F)F)c3c2CCCCC3)cc1OC. The van der Waals surface area contributed by atoms with E-state index in [1.807, 2.05) is 12.1 Å². The molecule has 30 heavy (non-hydrogen) atoms. The van der Waals surface area contributed by atoms with Crippen LogP contribution in [0.3, 0.4) is 0 Å². The molecule has 2 aromatic rings. The molecule has 3 rings (SSSR count). The third-order valence-electron chi connectivity index (χ3n) is 5.25. The van der Waals surface area contributed by atoms with Crippen LogP contribution < -0.4 is 14.8 Å². The maximum atomic E-state index is 13.4. The molecule has 1 aliphatic rings. The molecule has 1 aromatic carbocycles. The normalized spacial score (nSPS) is 14.0. The van der Waals surface area contributed by atoms with Crippen molar-refractivity contribution in [1.82, 2.24) is 15.1 Å². The molecule has 0 atom stereocenters. The molecule has 164 valence electrons. The van der Waals surface area contributed by atoms with Crippen molar-refractivity contribution < 1.29 is 27.4 Å². The van der Waals surface area contributed by atoms with Gasteiger partial charge in [-0.2, -0.15) is 18.3 Å². The zero-order valence-corrected chi connectivity index (χ0v) is 17.1. The summed E-state index contributed by atoms with van der Waals surface area (Å²) in [7, 11) is 3.10. The van der Waals surface area contributed by atoms with Gasteiger partial charge in [0.1, 0.15) is 6.54 Å². The van der Waals surface area contributed by atoms with E-state index >= 15 is 0 Å². The number of aromatic nitrogens is 2. The molecule has 0 radical (unpaired) electrons. The summed E-state index contributed by atoms with van der Waals surface area (Å²) in [6, 6.07) is 5.48. The number of amides is 1. The van der Waals surface area contributed by atoms with Crippen LogP contribution in [-0.4, -0.2) is 36.5 Å². The van der Waals surface area contributed by atoms with E-state index in [0.29, 0.717) is 49.4 Å². The van der Waals surface area contributed by atoms with Crippen LogP contribution in [0.5, 0.6) is 11.5 Å². The molecule has 6 nitrogen and oxygen atoms in total. The van der Waals surface area contributed by atoms with Crippen LogP contribution in [0.2, 0.25) is 0 Å². The summed E-state index contributed by atoms with van der Waals surface area (Å²) in [4.78, 5) is 12.4. The van der Waals surface area contributed by atoms with Gasteiger partial charge in [0.25, 0.3) is 0 Å². The molecule has 1 aromatic heterocycles. The van der Waals surface area contributed by atoms with E-state index in [1.54, 1.807) is 20.3 Å². The van der Waals surface area contributed by atoms with E-state index in [-0.39, 0.29) is 18.0 Å². The molecule has 0 saturated carbocycles. The number of carbonyl (C=O) groups excluding carboxylic acids is 1. The van der Waals surface area contributed by atoms with Gasteiger partial charge in [-0.05, 0) is 49.8 Å². The summed E-state index contributed by atoms with van der Waals surface area (Å²) in [5.41, 5.74) is 0.880. The molecule has 0 saturated heterocycles. The van der Waals surface area contributed by atoms with Gasteiger partial charge in [0.2, 0.25) is 5.91 Å². The summed E-state index contributed by atoms with van der Waals surface area (Å²) in [5.74, 6) is 0.851. The number of ether oxygens (including phenoxy) is 2. The maximum Gasteiger partial charge on any atom is 0.435 e. The molecular formula is C21H26F3N3O3. The van der Waals surface area contributed by atoms with Crippen LogP contribution in [-0.2, 0) is 36.8 Å². The topological polar surface area (TPSA) is 65.4 Å². The van der Waals surface area contributed by atoms with E-state index in [4.69, 9.17) is 9.47 Å². The second kappa shape index (κ2) is 9.40. The number of benzene rings is 1. The van der Waals surface area contributed by atoms with Gasteiger partial charge >= 0.3 is 6.18 Å². The summed E-state index contributed by atoms with van der Waals surface area (Å²) < 4.78 is 51.8.